The van der Waals surface area contributed by atoms with Crippen LogP contribution >= 0.6 is 0 Å². The van der Waals surface area contributed by atoms with E-state index in [0.29, 0.717) is 18.1 Å². The number of ether oxygens (including phenoxy) is 2. The molecule has 3 atom stereocenters. The SMILES string of the molecule is COc1cc2c(cc1C1CNC(C)C1)OC(C)C2. The molecule has 0 amide bonds. The minimum Gasteiger partial charge on any atom is -0.496 e. The van der Waals surface area contributed by atoms with Crippen molar-refractivity contribution in [2.24, 2.45) is 0 Å². The minimum atomic E-state index is 0.292. The number of hydrogen-bond donors (Lipinski definition) is 1. The summed E-state index contributed by atoms with van der Waals surface area (Å²) in [6.07, 6.45) is 2.45. The van der Waals surface area contributed by atoms with Gasteiger partial charge in [-0.1, -0.05) is 0 Å². The molecule has 0 bridgehead atoms. The fourth-order valence-electron chi connectivity index (χ4n) is 3.12. The molecule has 98 valence electrons. The molecule has 0 spiro atoms. The van der Waals surface area contributed by atoms with E-state index in [4.69, 9.17) is 9.47 Å². The monoisotopic (exact) mass is 247 g/mol. The molecule has 1 fully saturated rings. The van der Waals surface area contributed by atoms with Gasteiger partial charge in [0.2, 0.25) is 0 Å². The van der Waals surface area contributed by atoms with Crippen LogP contribution in [0.5, 0.6) is 11.5 Å². The van der Waals surface area contributed by atoms with Crippen LogP contribution in [0, 0.1) is 0 Å². The van der Waals surface area contributed by atoms with Gasteiger partial charge in [0.1, 0.15) is 17.6 Å². The molecule has 3 nitrogen and oxygen atoms in total. The summed E-state index contributed by atoms with van der Waals surface area (Å²) < 4.78 is 11.4. The summed E-state index contributed by atoms with van der Waals surface area (Å²) in [7, 11) is 1.76. The van der Waals surface area contributed by atoms with Crippen molar-refractivity contribution < 1.29 is 9.47 Å². The average molecular weight is 247 g/mol. The van der Waals surface area contributed by atoms with E-state index < -0.39 is 0 Å². The van der Waals surface area contributed by atoms with Gasteiger partial charge in [-0.3, -0.25) is 0 Å². The number of benzene rings is 1. The molecule has 18 heavy (non-hydrogen) atoms. The maximum Gasteiger partial charge on any atom is 0.123 e. The third-order valence-corrected chi connectivity index (χ3v) is 4.04. The number of nitrogens with one attached hydrogen (secondary N) is 1. The van der Waals surface area contributed by atoms with E-state index in [1.54, 1.807) is 7.11 Å². The van der Waals surface area contributed by atoms with Gasteiger partial charge in [-0.2, -0.15) is 0 Å². The highest BCUT2D eigenvalue weighted by molar-refractivity contribution is 5.50. The maximum absolute atomic E-state index is 5.86. The largest absolute Gasteiger partial charge is 0.496 e. The van der Waals surface area contributed by atoms with Crippen molar-refractivity contribution >= 4 is 0 Å². The predicted octanol–water partition coefficient (Wildman–Crippen LogP) is 2.48. The van der Waals surface area contributed by atoms with Crippen LogP contribution in [0.25, 0.3) is 0 Å². The summed E-state index contributed by atoms with van der Waals surface area (Å²) in [4.78, 5) is 0. The van der Waals surface area contributed by atoms with E-state index in [0.717, 1.165) is 24.5 Å². The van der Waals surface area contributed by atoms with E-state index in [1.165, 1.54) is 17.5 Å². The molecular formula is C15H21NO2. The van der Waals surface area contributed by atoms with Crippen molar-refractivity contribution in [3.05, 3.63) is 23.3 Å². The molecule has 1 N–H and O–H groups in total. The van der Waals surface area contributed by atoms with Gasteiger partial charge in [0.25, 0.3) is 0 Å². The van der Waals surface area contributed by atoms with E-state index >= 15 is 0 Å². The Kier molecular flexibility index (Phi) is 2.94. The Labute approximate surface area is 108 Å². The van der Waals surface area contributed by atoms with Crippen LogP contribution < -0.4 is 14.8 Å². The molecule has 1 saturated heterocycles. The number of fused-ring (bicyclic) bond motifs is 1. The van der Waals surface area contributed by atoms with Crippen molar-refractivity contribution in [1.82, 2.24) is 5.32 Å². The Morgan fingerprint density at radius 1 is 1.33 bits per heavy atom. The highest BCUT2D eigenvalue weighted by atomic mass is 16.5. The van der Waals surface area contributed by atoms with Crippen LogP contribution in [0.15, 0.2) is 12.1 Å². The molecule has 3 heteroatoms. The second kappa shape index (κ2) is 4.47. The second-order valence-corrected chi connectivity index (χ2v) is 5.58. The lowest BCUT2D eigenvalue weighted by Crippen LogP contribution is -2.16. The first kappa shape index (κ1) is 11.8. The van der Waals surface area contributed by atoms with E-state index in [2.05, 4.69) is 31.3 Å². The lowest BCUT2D eigenvalue weighted by atomic mass is 9.94. The van der Waals surface area contributed by atoms with Crippen LogP contribution in [0.4, 0.5) is 0 Å². The van der Waals surface area contributed by atoms with Crippen LogP contribution in [-0.4, -0.2) is 25.8 Å². The topological polar surface area (TPSA) is 30.5 Å². The third-order valence-electron chi connectivity index (χ3n) is 4.04. The summed E-state index contributed by atoms with van der Waals surface area (Å²) >= 11 is 0. The molecule has 3 unspecified atom stereocenters. The highest BCUT2D eigenvalue weighted by Crippen LogP contribution is 2.40. The van der Waals surface area contributed by atoms with Crippen molar-refractivity contribution in [3.8, 4) is 11.5 Å². The third kappa shape index (κ3) is 1.97. The van der Waals surface area contributed by atoms with Crippen molar-refractivity contribution in [3.63, 3.8) is 0 Å². The summed E-state index contributed by atoms with van der Waals surface area (Å²) in [5, 5.41) is 3.50. The first-order chi connectivity index (χ1) is 8.67. The standard InChI is InChI=1S/C15H21NO2/c1-9-4-12(8-16-9)13-7-14-11(5-10(2)18-14)6-15(13)17-3/h6-7,9-10,12,16H,4-5,8H2,1-3H3. The van der Waals surface area contributed by atoms with Gasteiger partial charge >= 0.3 is 0 Å². The number of methoxy groups -OCH3 is 1. The van der Waals surface area contributed by atoms with Crippen LogP contribution in [0.1, 0.15) is 37.3 Å². The van der Waals surface area contributed by atoms with Gasteiger partial charge in [0, 0.05) is 36.1 Å². The van der Waals surface area contributed by atoms with Gasteiger partial charge < -0.3 is 14.8 Å². The van der Waals surface area contributed by atoms with Crippen molar-refractivity contribution in [2.75, 3.05) is 13.7 Å². The molecule has 1 aromatic carbocycles. The zero-order valence-electron chi connectivity index (χ0n) is 11.3. The summed E-state index contributed by atoms with van der Waals surface area (Å²) in [5.41, 5.74) is 2.57. The van der Waals surface area contributed by atoms with E-state index in [-0.39, 0.29) is 0 Å². The zero-order valence-corrected chi connectivity index (χ0v) is 11.3. The van der Waals surface area contributed by atoms with Crippen LogP contribution in [-0.2, 0) is 6.42 Å². The Hall–Kier alpha value is -1.22. The fraction of sp³-hybridized carbons (Fsp3) is 0.600. The van der Waals surface area contributed by atoms with Crippen molar-refractivity contribution in [2.45, 2.75) is 44.8 Å². The molecule has 0 saturated carbocycles. The van der Waals surface area contributed by atoms with Gasteiger partial charge in [0.05, 0.1) is 7.11 Å². The Morgan fingerprint density at radius 2 is 2.17 bits per heavy atom. The highest BCUT2D eigenvalue weighted by Gasteiger charge is 2.28. The second-order valence-electron chi connectivity index (χ2n) is 5.58. The zero-order chi connectivity index (χ0) is 12.7. The molecule has 0 radical (unpaired) electrons. The Bertz CT molecular complexity index is 458. The number of rotatable bonds is 2. The maximum atomic E-state index is 5.86. The molecule has 0 aromatic heterocycles. The lowest BCUT2D eigenvalue weighted by Gasteiger charge is -2.15. The normalized spacial score (nSPS) is 30.1. The smallest absolute Gasteiger partial charge is 0.123 e. The Morgan fingerprint density at radius 3 is 2.83 bits per heavy atom. The van der Waals surface area contributed by atoms with Gasteiger partial charge in [-0.15, -0.1) is 0 Å². The molecule has 2 heterocycles. The van der Waals surface area contributed by atoms with Gasteiger partial charge in [-0.25, -0.2) is 0 Å². The first-order valence-electron chi connectivity index (χ1n) is 6.78. The molecule has 0 aliphatic carbocycles. The van der Waals surface area contributed by atoms with E-state index in [1.807, 2.05) is 0 Å². The summed E-state index contributed by atoms with van der Waals surface area (Å²) in [6.45, 7) is 5.38. The fourth-order valence-corrected chi connectivity index (χ4v) is 3.12. The molecule has 3 rings (SSSR count). The van der Waals surface area contributed by atoms with Crippen LogP contribution in [0.3, 0.4) is 0 Å². The first-order valence-corrected chi connectivity index (χ1v) is 6.78. The average Bonchev–Trinajstić information content (AvgIpc) is 2.91. The lowest BCUT2D eigenvalue weighted by molar-refractivity contribution is 0.254. The summed E-state index contributed by atoms with van der Waals surface area (Å²) in [5.74, 6) is 2.62. The van der Waals surface area contributed by atoms with Gasteiger partial charge in [-0.05, 0) is 32.4 Å². The summed E-state index contributed by atoms with van der Waals surface area (Å²) in [6, 6.07) is 4.95. The minimum absolute atomic E-state index is 0.292. The van der Waals surface area contributed by atoms with Crippen molar-refractivity contribution in [1.29, 1.82) is 0 Å². The molecule has 2 aliphatic heterocycles. The molecule has 2 aliphatic rings. The van der Waals surface area contributed by atoms with E-state index in [9.17, 15) is 0 Å². The number of hydrogen-bond acceptors (Lipinski definition) is 3. The van der Waals surface area contributed by atoms with Gasteiger partial charge in [0.15, 0.2) is 0 Å². The molecule has 1 aromatic rings. The predicted molar refractivity (Wildman–Crippen MR) is 71.6 cm³/mol. The quantitative estimate of drug-likeness (QED) is 0.871. The van der Waals surface area contributed by atoms with Crippen LogP contribution in [0.2, 0.25) is 0 Å². The Balaban J connectivity index is 1.96. The molecular weight excluding hydrogens is 226 g/mol.